The third-order valence-electron chi connectivity index (χ3n) is 5.17. The minimum absolute atomic E-state index is 0.0720. The summed E-state index contributed by atoms with van der Waals surface area (Å²) in [7, 11) is 0. The van der Waals surface area contributed by atoms with Crippen LogP contribution in [-0.2, 0) is 17.8 Å². The van der Waals surface area contributed by atoms with Crippen LogP contribution in [0.5, 0.6) is 11.5 Å². The van der Waals surface area contributed by atoms with Crippen molar-refractivity contribution in [3.63, 3.8) is 0 Å². The second-order valence-electron chi connectivity index (χ2n) is 7.75. The van der Waals surface area contributed by atoms with Gasteiger partial charge in [-0.2, -0.15) is 0 Å². The fraction of sp³-hybridized carbons (Fsp3) is 0.435. The standard InChI is InChI=1S/C23H28N2O4/c1-16-14-25(15-17(2)29-16)23(26)20-6-3-18(4-7-20)12-24-13-19-5-8-21-22(11-19)28-10-9-27-21/h3-8,11,16-17,24H,9-10,12-15H2,1-2H3. The SMILES string of the molecule is CC1CN(C(=O)c2ccc(CNCc3ccc4c(c3)OCCO4)cc2)CC(C)O1. The molecule has 0 saturated carbocycles. The summed E-state index contributed by atoms with van der Waals surface area (Å²) in [6.07, 6.45) is 0.151. The maximum atomic E-state index is 12.8. The first kappa shape index (κ1) is 19.7. The van der Waals surface area contributed by atoms with E-state index in [1.807, 2.05) is 61.2 Å². The molecule has 6 nitrogen and oxygen atoms in total. The second kappa shape index (κ2) is 8.84. The number of ether oxygens (including phenoxy) is 3. The Morgan fingerprint density at radius 3 is 2.28 bits per heavy atom. The summed E-state index contributed by atoms with van der Waals surface area (Å²) in [6, 6.07) is 13.9. The molecular weight excluding hydrogens is 368 g/mol. The van der Waals surface area contributed by atoms with Gasteiger partial charge in [0.1, 0.15) is 13.2 Å². The van der Waals surface area contributed by atoms with Crippen LogP contribution < -0.4 is 14.8 Å². The van der Waals surface area contributed by atoms with Crippen LogP contribution in [0.3, 0.4) is 0 Å². The molecule has 2 aromatic rings. The number of benzene rings is 2. The van der Waals surface area contributed by atoms with Crippen LogP contribution in [0.2, 0.25) is 0 Å². The average Bonchev–Trinajstić information content (AvgIpc) is 2.73. The van der Waals surface area contributed by atoms with E-state index in [4.69, 9.17) is 14.2 Å². The van der Waals surface area contributed by atoms with Crippen LogP contribution in [0.25, 0.3) is 0 Å². The van der Waals surface area contributed by atoms with E-state index in [0.717, 1.165) is 41.3 Å². The fourth-order valence-electron chi connectivity index (χ4n) is 3.84. The lowest BCUT2D eigenvalue weighted by Crippen LogP contribution is -2.48. The number of rotatable bonds is 5. The van der Waals surface area contributed by atoms with Crippen LogP contribution in [0.1, 0.15) is 35.3 Å². The highest BCUT2D eigenvalue weighted by Crippen LogP contribution is 2.30. The number of nitrogens with zero attached hydrogens (tertiary/aromatic N) is 1. The molecule has 2 unspecified atom stereocenters. The Balaban J connectivity index is 1.30. The maximum Gasteiger partial charge on any atom is 0.254 e. The van der Waals surface area contributed by atoms with Gasteiger partial charge >= 0.3 is 0 Å². The molecule has 1 amide bonds. The summed E-state index contributed by atoms with van der Waals surface area (Å²) < 4.78 is 16.9. The predicted molar refractivity (Wildman–Crippen MR) is 110 cm³/mol. The summed E-state index contributed by atoms with van der Waals surface area (Å²) >= 11 is 0. The smallest absolute Gasteiger partial charge is 0.254 e. The predicted octanol–water partition coefficient (Wildman–Crippen LogP) is 3.00. The molecule has 4 rings (SSSR count). The van der Waals surface area contributed by atoms with E-state index in [-0.39, 0.29) is 18.1 Å². The fourth-order valence-corrected chi connectivity index (χ4v) is 3.84. The van der Waals surface area contributed by atoms with E-state index >= 15 is 0 Å². The van der Waals surface area contributed by atoms with Crippen LogP contribution in [0.4, 0.5) is 0 Å². The second-order valence-corrected chi connectivity index (χ2v) is 7.75. The van der Waals surface area contributed by atoms with E-state index in [2.05, 4.69) is 5.32 Å². The van der Waals surface area contributed by atoms with Crippen molar-refractivity contribution in [2.45, 2.75) is 39.1 Å². The Morgan fingerprint density at radius 1 is 0.931 bits per heavy atom. The van der Waals surface area contributed by atoms with Crippen molar-refractivity contribution in [2.75, 3.05) is 26.3 Å². The van der Waals surface area contributed by atoms with Crippen molar-refractivity contribution in [3.05, 3.63) is 59.2 Å². The molecule has 2 atom stereocenters. The topological polar surface area (TPSA) is 60.0 Å². The Labute approximate surface area is 171 Å². The number of hydrogen-bond acceptors (Lipinski definition) is 5. The molecule has 2 aromatic carbocycles. The first-order valence-electron chi connectivity index (χ1n) is 10.2. The van der Waals surface area contributed by atoms with Gasteiger partial charge in [0.25, 0.3) is 5.91 Å². The Kier molecular flexibility index (Phi) is 6.02. The van der Waals surface area contributed by atoms with E-state index in [1.165, 1.54) is 0 Å². The largest absolute Gasteiger partial charge is 0.486 e. The zero-order valence-electron chi connectivity index (χ0n) is 17.0. The summed E-state index contributed by atoms with van der Waals surface area (Å²) in [5, 5.41) is 3.44. The van der Waals surface area contributed by atoms with Gasteiger partial charge < -0.3 is 24.4 Å². The van der Waals surface area contributed by atoms with Gasteiger partial charge in [-0.05, 0) is 49.2 Å². The van der Waals surface area contributed by atoms with E-state index in [9.17, 15) is 4.79 Å². The number of carbonyl (C=O) groups excluding carboxylic acids is 1. The van der Waals surface area contributed by atoms with Gasteiger partial charge in [-0.3, -0.25) is 4.79 Å². The van der Waals surface area contributed by atoms with Crippen molar-refractivity contribution < 1.29 is 19.0 Å². The van der Waals surface area contributed by atoms with Gasteiger partial charge in [0, 0.05) is 31.7 Å². The molecule has 1 N–H and O–H groups in total. The van der Waals surface area contributed by atoms with Gasteiger partial charge in [0.15, 0.2) is 11.5 Å². The van der Waals surface area contributed by atoms with Crippen molar-refractivity contribution in [3.8, 4) is 11.5 Å². The van der Waals surface area contributed by atoms with Gasteiger partial charge in [-0.25, -0.2) is 0 Å². The van der Waals surface area contributed by atoms with Crippen molar-refractivity contribution in [2.24, 2.45) is 0 Å². The normalized spacial score (nSPS) is 21.1. The van der Waals surface area contributed by atoms with Gasteiger partial charge in [-0.1, -0.05) is 18.2 Å². The first-order valence-corrected chi connectivity index (χ1v) is 10.2. The monoisotopic (exact) mass is 396 g/mol. The molecule has 6 heteroatoms. The van der Waals surface area contributed by atoms with Gasteiger partial charge in [0.05, 0.1) is 12.2 Å². The van der Waals surface area contributed by atoms with Crippen LogP contribution in [0.15, 0.2) is 42.5 Å². The van der Waals surface area contributed by atoms with Gasteiger partial charge in [0.2, 0.25) is 0 Å². The molecular formula is C23H28N2O4. The zero-order valence-corrected chi connectivity index (χ0v) is 17.0. The molecule has 2 aliphatic heterocycles. The molecule has 29 heavy (non-hydrogen) atoms. The molecule has 0 bridgehead atoms. The van der Waals surface area contributed by atoms with E-state index in [1.54, 1.807) is 0 Å². The first-order chi connectivity index (χ1) is 14.1. The number of fused-ring (bicyclic) bond motifs is 1. The molecule has 1 fully saturated rings. The lowest BCUT2D eigenvalue weighted by Gasteiger charge is -2.35. The molecule has 1 saturated heterocycles. The highest BCUT2D eigenvalue weighted by molar-refractivity contribution is 5.94. The molecule has 2 heterocycles. The molecule has 0 spiro atoms. The lowest BCUT2D eigenvalue weighted by atomic mass is 10.1. The molecule has 0 radical (unpaired) electrons. The third-order valence-corrected chi connectivity index (χ3v) is 5.17. The van der Waals surface area contributed by atoms with Crippen LogP contribution in [0, 0.1) is 0 Å². The van der Waals surface area contributed by atoms with Crippen molar-refractivity contribution in [1.82, 2.24) is 10.2 Å². The zero-order chi connectivity index (χ0) is 20.2. The average molecular weight is 396 g/mol. The minimum Gasteiger partial charge on any atom is -0.486 e. The number of hydrogen-bond donors (Lipinski definition) is 1. The molecule has 0 aliphatic carbocycles. The summed E-state index contributed by atoms with van der Waals surface area (Å²) in [5.74, 6) is 1.69. The highest BCUT2D eigenvalue weighted by Gasteiger charge is 2.26. The lowest BCUT2D eigenvalue weighted by molar-refractivity contribution is -0.0586. The minimum atomic E-state index is 0.0720. The summed E-state index contributed by atoms with van der Waals surface area (Å²) in [5.41, 5.74) is 3.02. The molecule has 2 aliphatic rings. The number of amides is 1. The summed E-state index contributed by atoms with van der Waals surface area (Å²) in [6.45, 7) is 7.96. The van der Waals surface area contributed by atoms with E-state index in [0.29, 0.717) is 26.3 Å². The number of nitrogens with one attached hydrogen (secondary N) is 1. The van der Waals surface area contributed by atoms with Crippen LogP contribution >= 0.6 is 0 Å². The van der Waals surface area contributed by atoms with Crippen LogP contribution in [-0.4, -0.2) is 49.3 Å². The quantitative estimate of drug-likeness (QED) is 0.842. The Morgan fingerprint density at radius 2 is 1.55 bits per heavy atom. The number of morpholine rings is 1. The van der Waals surface area contributed by atoms with E-state index < -0.39 is 0 Å². The number of carbonyl (C=O) groups is 1. The Bertz CT molecular complexity index is 842. The molecule has 0 aromatic heterocycles. The van der Waals surface area contributed by atoms with Crippen molar-refractivity contribution in [1.29, 1.82) is 0 Å². The summed E-state index contributed by atoms with van der Waals surface area (Å²) in [4.78, 5) is 14.6. The van der Waals surface area contributed by atoms with Gasteiger partial charge in [-0.15, -0.1) is 0 Å². The highest BCUT2D eigenvalue weighted by atomic mass is 16.6. The van der Waals surface area contributed by atoms with Crippen molar-refractivity contribution >= 4 is 5.91 Å². The third kappa shape index (κ3) is 4.89. The molecule has 154 valence electrons. The maximum absolute atomic E-state index is 12.8. The Hall–Kier alpha value is -2.57.